The standard InChI is InChI=1S/C14H17Cl2N3O/c15-10-3-4-11(16)12(6-10)18-14(20)19-7-9-2-1-5-17-13(9)8-19/h3-4,6,9,13,17H,1-2,5,7-8H2,(H,18,20)/t9-,13+/m0/s1. The minimum atomic E-state index is -0.106. The fraction of sp³-hybridized carbons (Fsp3) is 0.500. The minimum absolute atomic E-state index is 0.106. The van der Waals surface area contributed by atoms with E-state index in [0.717, 1.165) is 19.6 Å². The molecular formula is C14H17Cl2N3O. The second kappa shape index (κ2) is 5.80. The van der Waals surface area contributed by atoms with E-state index in [2.05, 4.69) is 10.6 Å². The zero-order valence-electron chi connectivity index (χ0n) is 11.0. The first kappa shape index (κ1) is 14.0. The van der Waals surface area contributed by atoms with Gasteiger partial charge in [0.05, 0.1) is 10.7 Å². The molecule has 0 bridgehead atoms. The topological polar surface area (TPSA) is 44.4 Å². The highest BCUT2D eigenvalue weighted by atomic mass is 35.5. The highest BCUT2D eigenvalue weighted by Crippen LogP contribution is 2.28. The number of amides is 2. The van der Waals surface area contributed by atoms with E-state index in [1.807, 2.05) is 4.90 Å². The Balaban J connectivity index is 1.66. The number of carbonyl (C=O) groups is 1. The van der Waals surface area contributed by atoms with Gasteiger partial charge in [-0.1, -0.05) is 23.2 Å². The van der Waals surface area contributed by atoms with Crippen molar-refractivity contribution in [1.29, 1.82) is 0 Å². The molecule has 2 amide bonds. The van der Waals surface area contributed by atoms with Crippen molar-refractivity contribution in [2.45, 2.75) is 18.9 Å². The number of rotatable bonds is 1. The summed E-state index contributed by atoms with van der Waals surface area (Å²) in [6, 6.07) is 5.39. The van der Waals surface area contributed by atoms with Crippen molar-refractivity contribution in [3.63, 3.8) is 0 Å². The normalized spacial score (nSPS) is 25.4. The summed E-state index contributed by atoms with van der Waals surface area (Å²) in [5.41, 5.74) is 0.562. The number of hydrogen-bond acceptors (Lipinski definition) is 2. The Hall–Kier alpha value is -0.970. The number of benzene rings is 1. The maximum absolute atomic E-state index is 12.3. The third-order valence-corrected chi connectivity index (χ3v) is 4.62. The number of anilines is 1. The van der Waals surface area contributed by atoms with Crippen LogP contribution in [-0.2, 0) is 0 Å². The molecule has 6 heteroatoms. The second-order valence-corrected chi connectivity index (χ2v) is 6.27. The summed E-state index contributed by atoms with van der Waals surface area (Å²) in [4.78, 5) is 14.2. The first-order valence-corrected chi connectivity index (χ1v) is 7.63. The van der Waals surface area contributed by atoms with Crippen LogP contribution in [0.5, 0.6) is 0 Å². The van der Waals surface area contributed by atoms with Gasteiger partial charge in [0.2, 0.25) is 0 Å². The zero-order chi connectivity index (χ0) is 14.1. The molecule has 0 radical (unpaired) electrons. The summed E-state index contributed by atoms with van der Waals surface area (Å²) in [6.07, 6.45) is 2.39. The van der Waals surface area contributed by atoms with Crippen LogP contribution in [0.2, 0.25) is 10.0 Å². The molecule has 2 aliphatic rings. The Morgan fingerprint density at radius 3 is 3.00 bits per heavy atom. The zero-order valence-corrected chi connectivity index (χ0v) is 12.5. The third kappa shape index (κ3) is 2.87. The lowest BCUT2D eigenvalue weighted by atomic mass is 9.94. The Bertz CT molecular complexity index is 509. The van der Waals surface area contributed by atoms with Crippen LogP contribution in [0.15, 0.2) is 18.2 Å². The molecule has 0 spiro atoms. The Morgan fingerprint density at radius 1 is 1.35 bits per heavy atom. The number of carbonyl (C=O) groups excluding carboxylic acids is 1. The van der Waals surface area contributed by atoms with Gasteiger partial charge in [-0.25, -0.2) is 4.79 Å². The summed E-state index contributed by atoms with van der Waals surface area (Å²) >= 11 is 12.0. The molecule has 2 saturated heterocycles. The van der Waals surface area contributed by atoms with Crippen molar-refractivity contribution in [3.8, 4) is 0 Å². The third-order valence-electron chi connectivity index (χ3n) is 4.06. The van der Waals surface area contributed by atoms with Crippen LogP contribution in [0.3, 0.4) is 0 Å². The molecule has 2 heterocycles. The second-order valence-electron chi connectivity index (χ2n) is 5.42. The Kier molecular flexibility index (Phi) is 4.06. The molecule has 2 atom stereocenters. The van der Waals surface area contributed by atoms with Gasteiger partial charge in [-0.15, -0.1) is 0 Å². The molecule has 0 aromatic heterocycles. The maximum atomic E-state index is 12.3. The number of urea groups is 1. The van der Waals surface area contributed by atoms with Crippen LogP contribution in [0, 0.1) is 5.92 Å². The van der Waals surface area contributed by atoms with E-state index in [1.54, 1.807) is 18.2 Å². The van der Waals surface area contributed by atoms with Gasteiger partial charge in [0.15, 0.2) is 0 Å². The number of likely N-dealkylation sites (tertiary alicyclic amines) is 1. The molecule has 20 heavy (non-hydrogen) atoms. The lowest BCUT2D eigenvalue weighted by Crippen LogP contribution is -2.41. The summed E-state index contributed by atoms with van der Waals surface area (Å²) in [5, 5.41) is 7.38. The predicted octanol–water partition coefficient (Wildman–Crippen LogP) is 3.21. The van der Waals surface area contributed by atoms with E-state index in [4.69, 9.17) is 23.2 Å². The fourth-order valence-electron chi connectivity index (χ4n) is 3.00. The minimum Gasteiger partial charge on any atom is -0.323 e. The molecular weight excluding hydrogens is 297 g/mol. The Morgan fingerprint density at radius 2 is 2.20 bits per heavy atom. The lowest BCUT2D eigenvalue weighted by Gasteiger charge is -2.24. The number of piperidine rings is 1. The average Bonchev–Trinajstić information content (AvgIpc) is 2.87. The van der Waals surface area contributed by atoms with Crippen molar-refractivity contribution >= 4 is 34.9 Å². The molecule has 108 valence electrons. The van der Waals surface area contributed by atoms with Gasteiger partial charge in [0.25, 0.3) is 0 Å². The van der Waals surface area contributed by atoms with E-state index in [9.17, 15) is 4.79 Å². The van der Waals surface area contributed by atoms with Crippen molar-refractivity contribution < 1.29 is 4.79 Å². The summed E-state index contributed by atoms with van der Waals surface area (Å²) in [7, 11) is 0. The van der Waals surface area contributed by atoms with Crippen molar-refractivity contribution in [2.75, 3.05) is 25.0 Å². The van der Waals surface area contributed by atoms with Gasteiger partial charge in [0, 0.05) is 24.2 Å². The smallest absolute Gasteiger partial charge is 0.321 e. The SMILES string of the molecule is O=C(Nc1cc(Cl)ccc1Cl)N1C[C@@H]2CCCN[C@@H]2C1. The molecule has 2 fully saturated rings. The Labute approximate surface area is 128 Å². The van der Waals surface area contributed by atoms with Crippen LogP contribution in [0.4, 0.5) is 10.5 Å². The average molecular weight is 314 g/mol. The van der Waals surface area contributed by atoms with E-state index >= 15 is 0 Å². The lowest BCUT2D eigenvalue weighted by molar-refractivity contribution is 0.220. The van der Waals surface area contributed by atoms with Gasteiger partial charge in [-0.2, -0.15) is 0 Å². The molecule has 3 rings (SSSR count). The molecule has 0 aliphatic carbocycles. The molecule has 1 aromatic rings. The number of fused-ring (bicyclic) bond motifs is 1. The van der Waals surface area contributed by atoms with Gasteiger partial charge in [-0.05, 0) is 43.5 Å². The van der Waals surface area contributed by atoms with Crippen LogP contribution >= 0.6 is 23.2 Å². The predicted molar refractivity (Wildman–Crippen MR) is 81.6 cm³/mol. The molecule has 0 unspecified atom stereocenters. The van der Waals surface area contributed by atoms with Crippen LogP contribution in [0.25, 0.3) is 0 Å². The van der Waals surface area contributed by atoms with Crippen molar-refractivity contribution in [2.24, 2.45) is 5.92 Å². The van der Waals surface area contributed by atoms with Crippen LogP contribution in [0.1, 0.15) is 12.8 Å². The first-order valence-electron chi connectivity index (χ1n) is 6.88. The largest absolute Gasteiger partial charge is 0.323 e. The number of nitrogens with zero attached hydrogens (tertiary/aromatic N) is 1. The first-order chi connectivity index (χ1) is 9.63. The number of nitrogens with one attached hydrogen (secondary N) is 2. The van der Waals surface area contributed by atoms with Gasteiger partial charge >= 0.3 is 6.03 Å². The number of hydrogen-bond donors (Lipinski definition) is 2. The van der Waals surface area contributed by atoms with Crippen LogP contribution < -0.4 is 10.6 Å². The van der Waals surface area contributed by atoms with Gasteiger partial charge in [-0.3, -0.25) is 0 Å². The molecule has 2 N–H and O–H groups in total. The highest BCUT2D eigenvalue weighted by molar-refractivity contribution is 6.35. The van der Waals surface area contributed by atoms with E-state index in [1.165, 1.54) is 12.8 Å². The molecule has 4 nitrogen and oxygen atoms in total. The maximum Gasteiger partial charge on any atom is 0.321 e. The highest BCUT2D eigenvalue weighted by Gasteiger charge is 2.36. The van der Waals surface area contributed by atoms with Crippen molar-refractivity contribution in [3.05, 3.63) is 28.2 Å². The summed E-state index contributed by atoms with van der Waals surface area (Å²) < 4.78 is 0. The van der Waals surface area contributed by atoms with Crippen molar-refractivity contribution in [1.82, 2.24) is 10.2 Å². The van der Waals surface area contributed by atoms with E-state index < -0.39 is 0 Å². The van der Waals surface area contributed by atoms with E-state index in [0.29, 0.717) is 27.7 Å². The van der Waals surface area contributed by atoms with Gasteiger partial charge in [0.1, 0.15) is 0 Å². The van der Waals surface area contributed by atoms with E-state index in [-0.39, 0.29) is 6.03 Å². The summed E-state index contributed by atoms with van der Waals surface area (Å²) in [5.74, 6) is 0.573. The fourth-order valence-corrected chi connectivity index (χ4v) is 3.34. The molecule has 2 aliphatic heterocycles. The van der Waals surface area contributed by atoms with Crippen LogP contribution in [-0.4, -0.2) is 36.6 Å². The molecule has 1 aromatic carbocycles. The monoisotopic (exact) mass is 313 g/mol. The quantitative estimate of drug-likeness (QED) is 0.836. The molecule has 0 saturated carbocycles. The van der Waals surface area contributed by atoms with Gasteiger partial charge < -0.3 is 15.5 Å². The summed E-state index contributed by atoms with van der Waals surface area (Å²) in [6.45, 7) is 2.62. The number of halogens is 2.